The largest absolute Gasteiger partial charge is 0.497 e. The lowest BCUT2D eigenvalue weighted by Crippen LogP contribution is -2.59. The fourth-order valence-electron chi connectivity index (χ4n) is 2.83. The smallest absolute Gasteiger partial charge is 0.270 e. The molecule has 0 saturated carbocycles. The second-order valence-electron chi connectivity index (χ2n) is 6.46. The van der Waals surface area contributed by atoms with Crippen molar-refractivity contribution < 1.29 is 23.9 Å². The molecule has 0 spiro atoms. The standard InChI is InChI=1S/C18H26N2O5/c1-13(2)9-16-18(22)20(25-12-23-3)17(21)11-19(16)10-14-5-7-15(24-4)8-6-14/h5-8,13,16H,9-12H2,1-4H3/t16-/m0/s1. The van der Waals surface area contributed by atoms with Crippen LogP contribution in [0.3, 0.4) is 0 Å². The molecule has 1 saturated heterocycles. The molecule has 0 aliphatic carbocycles. The van der Waals surface area contributed by atoms with E-state index >= 15 is 0 Å². The average Bonchev–Trinajstić information content (AvgIpc) is 2.58. The van der Waals surface area contributed by atoms with Crippen LogP contribution in [0.25, 0.3) is 0 Å². The average molecular weight is 350 g/mol. The molecule has 0 radical (unpaired) electrons. The van der Waals surface area contributed by atoms with Crippen molar-refractivity contribution in [3.8, 4) is 5.75 Å². The molecule has 25 heavy (non-hydrogen) atoms. The summed E-state index contributed by atoms with van der Waals surface area (Å²) in [6, 6.07) is 7.21. The molecule has 1 aromatic rings. The Morgan fingerprint density at radius 2 is 1.84 bits per heavy atom. The van der Waals surface area contributed by atoms with Gasteiger partial charge in [-0.2, -0.15) is 0 Å². The van der Waals surface area contributed by atoms with Crippen LogP contribution in [0.5, 0.6) is 5.75 Å². The van der Waals surface area contributed by atoms with Gasteiger partial charge in [0, 0.05) is 13.7 Å². The molecule has 0 N–H and O–H groups in total. The van der Waals surface area contributed by atoms with Crippen molar-refractivity contribution in [2.24, 2.45) is 5.92 Å². The maximum absolute atomic E-state index is 12.7. The summed E-state index contributed by atoms with van der Waals surface area (Å²) in [7, 11) is 3.06. The van der Waals surface area contributed by atoms with Crippen LogP contribution < -0.4 is 4.74 Å². The Balaban J connectivity index is 2.16. The van der Waals surface area contributed by atoms with Gasteiger partial charge in [0.2, 0.25) is 0 Å². The molecule has 7 heteroatoms. The number of hydrogen-bond acceptors (Lipinski definition) is 6. The summed E-state index contributed by atoms with van der Waals surface area (Å²) in [4.78, 5) is 32.1. The predicted molar refractivity (Wildman–Crippen MR) is 91.5 cm³/mol. The summed E-state index contributed by atoms with van der Waals surface area (Å²) in [6.07, 6.45) is 0.648. The number of ether oxygens (including phenoxy) is 2. The first-order chi connectivity index (χ1) is 12.0. The lowest BCUT2D eigenvalue weighted by Gasteiger charge is -2.38. The van der Waals surface area contributed by atoms with Gasteiger partial charge in [0.15, 0.2) is 6.79 Å². The van der Waals surface area contributed by atoms with Crippen LogP contribution in [0.1, 0.15) is 25.8 Å². The molecular formula is C18H26N2O5. The molecule has 1 aromatic carbocycles. The molecule has 1 atom stereocenters. The van der Waals surface area contributed by atoms with Crippen LogP contribution in [0.4, 0.5) is 0 Å². The quantitative estimate of drug-likeness (QED) is 0.526. The Bertz CT molecular complexity index is 588. The van der Waals surface area contributed by atoms with Crippen molar-refractivity contribution in [1.82, 2.24) is 9.96 Å². The van der Waals surface area contributed by atoms with E-state index in [2.05, 4.69) is 13.8 Å². The number of amides is 2. The molecule has 2 amide bonds. The lowest BCUT2D eigenvalue weighted by atomic mass is 9.99. The van der Waals surface area contributed by atoms with E-state index in [0.717, 1.165) is 16.4 Å². The van der Waals surface area contributed by atoms with Crippen LogP contribution in [-0.4, -0.2) is 55.4 Å². The zero-order valence-electron chi connectivity index (χ0n) is 15.2. The van der Waals surface area contributed by atoms with Gasteiger partial charge in [0.05, 0.1) is 19.7 Å². The Morgan fingerprint density at radius 1 is 1.16 bits per heavy atom. The highest BCUT2D eigenvalue weighted by Crippen LogP contribution is 2.23. The Hall–Kier alpha value is -1.96. The highest BCUT2D eigenvalue weighted by atomic mass is 16.8. The minimum atomic E-state index is -0.406. The zero-order chi connectivity index (χ0) is 18.4. The molecule has 0 bridgehead atoms. The molecule has 138 valence electrons. The van der Waals surface area contributed by atoms with Crippen LogP contribution in [-0.2, 0) is 25.7 Å². The number of imide groups is 1. The monoisotopic (exact) mass is 350 g/mol. The van der Waals surface area contributed by atoms with Gasteiger partial charge >= 0.3 is 0 Å². The van der Waals surface area contributed by atoms with E-state index in [-0.39, 0.29) is 25.2 Å². The van der Waals surface area contributed by atoms with Crippen molar-refractivity contribution in [1.29, 1.82) is 0 Å². The fourth-order valence-corrected chi connectivity index (χ4v) is 2.83. The molecule has 1 aliphatic heterocycles. The third kappa shape index (κ3) is 5.01. The SMILES string of the molecule is COCON1C(=O)CN(Cc2ccc(OC)cc2)[C@@H](CC(C)C)C1=O. The van der Waals surface area contributed by atoms with Crippen molar-refractivity contribution in [2.45, 2.75) is 32.9 Å². The maximum atomic E-state index is 12.7. The first-order valence-corrected chi connectivity index (χ1v) is 8.32. The molecule has 0 aromatic heterocycles. The molecule has 1 aliphatic rings. The van der Waals surface area contributed by atoms with E-state index < -0.39 is 6.04 Å². The summed E-state index contributed by atoms with van der Waals surface area (Å²) in [5.74, 6) is 0.364. The third-order valence-electron chi connectivity index (χ3n) is 4.03. The van der Waals surface area contributed by atoms with E-state index in [1.807, 2.05) is 29.2 Å². The van der Waals surface area contributed by atoms with Gasteiger partial charge in [-0.1, -0.05) is 26.0 Å². The highest BCUT2D eigenvalue weighted by Gasteiger charge is 2.40. The summed E-state index contributed by atoms with van der Waals surface area (Å²) >= 11 is 0. The van der Waals surface area contributed by atoms with E-state index in [4.69, 9.17) is 14.3 Å². The van der Waals surface area contributed by atoms with Gasteiger partial charge in [0.25, 0.3) is 11.8 Å². The van der Waals surface area contributed by atoms with Crippen molar-refractivity contribution >= 4 is 11.8 Å². The number of carbonyl (C=O) groups is 2. The second kappa shape index (κ2) is 8.94. The van der Waals surface area contributed by atoms with E-state index in [1.165, 1.54) is 7.11 Å². The predicted octanol–water partition coefficient (Wildman–Crippen LogP) is 1.82. The van der Waals surface area contributed by atoms with Crippen LogP contribution in [0.2, 0.25) is 0 Å². The third-order valence-corrected chi connectivity index (χ3v) is 4.03. The normalized spacial score (nSPS) is 18.9. The minimum absolute atomic E-state index is 0.124. The fraction of sp³-hybridized carbons (Fsp3) is 0.556. The first kappa shape index (κ1) is 19.4. The number of rotatable bonds is 8. The molecule has 0 unspecified atom stereocenters. The van der Waals surface area contributed by atoms with Crippen molar-refractivity contribution in [3.05, 3.63) is 29.8 Å². The number of nitrogens with zero attached hydrogens (tertiary/aromatic N) is 2. The van der Waals surface area contributed by atoms with E-state index in [0.29, 0.717) is 18.9 Å². The topological polar surface area (TPSA) is 68.3 Å². The van der Waals surface area contributed by atoms with Gasteiger partial charge in [-0.15, -0.1) is 5.06 Å². The number of piperazine rings is 1. The number of hydroxylamine groups is 2. The lowest BCUT2D eigenvalue weighted by molar-refractivity contribution is -0.230. The molecule has 7 nitrogen and oxygen atoms in total. The number of methoxy groups -OCH3 is 2. The Morgan fingerprint density at radius 3 is 2.40 bits per heavy atom. The summed E-state index contributed by atoms with van der Waals surface area (Å²) < 4.78 is 9.97. The van der Waals surface area contributed by atoms with Crippen LogP contribution in [0.15, 0.2) is 24.3 Å². The van der Waals surface area contributed by atoms with Crippen molar-refractivity contribution in [2.75, 3.05) is 27.6 Å². The van der Waals surface area contributed by atoms with E-state index in [1.54, 1.807) is 7.11 Å². The molecule has 1 fully saturated rings. The summed E-state index contributed by atoms with van der Waals surface area (Å²) in [5.41, 5.74) is 1.02. The maximum Gasteiger partial charge on any atom is 0.270 e. The molecule has 2 rings (SSSR count). The van der Waals surface area contributed by atoms with Gasteiger partial charge in [-0.25, -0.2) is 4.84 Å². The first-order valence-electron chi connectivity index (χ1n) is 8.32. The summed E-state index contributed by atoms with van der Waals surface area (Å²) in [6.45, 7) is 4.60. The number of benzene rings is 1. The van der Waals surface area contributed by atoms with Crippen molar-refractivity contribution in [3.63, 3.8) is 0 Å². The molecule has 1 heterocycles. The van der Waals surface area contributed by atoms with Gasteiger partial charge in [-0.05, 0) is 30.0 Å². The van der Waals surface area contributed by atoms with Crippen LogP contribution in [0, 0.1) is 5.92 Å². The van der Waals surface area contributed by atoms with Gasteiger partial charge < -0.3 is 9.47 Å². The van der Waals surface area contributed by atoms with Gasteiger partial charge in [-0.3, -0.25) is 14.5 Å². The van der Waals surface area contributed by atoms with E-state index in [9.17, 15) is 9.59 Å². The Labute approximate surface area is 148 Å². The highest BCUT2D eigenvalue weighted by molar-refractivity contribution is 5.99. The second-order valence-corrected chi connectivity index (χ2v) is 6.46. The Kier molecular flexibility index (Phi) is 6.92. The number of carbonyl (C=O) groups excluding carboxylic acids is 2. The van der Waals surface area contributed by atoms with Gasteiger partial charge in [0.1, 0.15) is 5.75 Å². The molecular weight excluding hydrogens is 324 g/mol. The summed E-state index contributed by atoms with van der Waals surface area (Å²) in [5, 5.41) is 0.848. The van der Waals surface area contributed by atoms with Crippen LogP contribution >= 0.6 is 0 Å². The minimum Gasteiger partial charge on any atom is -0.497 e. The zero-order valence-corrected chi connectivity index (χ0v) is 15.2. The number of hydrogen-bond donors (Lipinski definition) is 0.